The lowest BCUT2D eigenvalue weighted by Crippen LogP contribution is -2.34. The Bertz CT molecular complexity index is 737. The number of aryl methyl sites for hydroxylation is 2. The van der Waals surface area contributed by atoms with Crippen LogP contribution >= 0.6 is 15.9 Å². The normalized spacial score (nSPS) is 11.4. The van der Waals surface area contributed by atoms with Gasteiger partial charge in [-0.05, 0) is 60.9 Å². The van der Waals surface area contributed by atoms with Gasteiger partial charge in [-0.2, -0.15) is 0 Å². The molecule has 0 fully saturated rings. The Labute approximate surface area is 147 Å². The molecule has 1 N–H and O–H groups in total. The number of rotatable bonds is 4. The summed E-state index contributed by atoms with van der Waals surface area (Å²) >= 11 is 3.51. The van der Waals surface area contributed by atoms with Crippen molar-refractivity contribution in [2.45, 2.75) is 13.8 Å². The molecule has 0 spiro atoms. The van der Waals surface area contributed by atoms with E-state index in [9.17, 15) is 5.11 Å². The Balaban J connectivity index is 2.38. The zero-order valence-electron chi connectivity index (χ0n) is 14.4. The summed E-state index contributed by atoms with van der Waals surface area (Å²) in [6, 6.07) is 9.81. The number of phenols is 1. The lowest BCUT2D eigenvalue weighted by atomic mass is 10.1. The predicted molar refractivity (Wildman–Crippen MR) is 102 cm³/mol. The van der Waals surface area contributed by atoms with Gasteiger partial charge in [0.25, 0.3) is 0 Å². The molecule has 0 saturated carbocycles. The second-order valence-corrected chi connectivity index (χ2v) is 7.66. The maximum absolute atomic E-state index is 10.2. The van der Waals surface area contributed by atoms with Crippen molar-refractivity contribution >= 4 is 34.0 Å². The monoisotopic (exact) mass is 375 g/mol. The molecule has 0 amide bonds. The van der Waals surface area contributed by atoms with Gasteiger partial charge in [0.1, 0.15) is 6.54 Å². The molecule has 2 aromatic carbocycles. The summed E-state index contributed by atoms with van der Waals surface area (Å²) in [5, 5.41) is 10.2. The molecule has 0 aliphatic rings. The van der Waals surface area contributed by atoms with Gasteiger partial charge >= 0.3 is 0 Å². The fraction of sp³-hybridized carbons (Fsp3) is 0.263. The second-order valence-electron chi connectivity index (χ2n) is 6.74. The van der Waals surface area contributed by atoms with Crippen molar-refractivity contribution in [1.82, 2.24) is 4.48 Å². The molecule has 0 atom stereocenters. The first kappa shape index (κ1) is 17.6. The van der Waals surface area contributed by atoms with E-state index in [4.69, 9.17) is 0 Å². The Morgan fingerprint density at radius 1 is 1.09 bits per heavy atom. The highest BCUT2D eigenvalue weighted by Gasteiger charge is 2.16. The molecule has 4 heteroatoms. The molecule has 2 rings (SSSR count). The molecular formula is C19H24BrN2O+. The minimum atomic E-state index is 0.253. The highest BCUT2D eigenvalue weighted by molar-refractivity contribution is 9.10. The quantitative estimate of drug-likeness (QED) is 0.361. The van der Waals surface area contributed by atoms with E-state index in [0.717, 1.165) is 32.5 Å². The highest BCUT2D eigenvalue weighted by Crippen LogP contribution is 2.31. The summed E-state index contributed by atoms with van der Waals surface area (Å²) in [5.74, 6) is 0.253. The molecule has 0 aliphatic heterocycles. The number of hydrogen-bond donors (Lipinski definition) is 1. The zero-order chi connectivity index (χ0) is 17.4. The first-order valence-corrected chi connectivity index (χ1v) is 8.25. The van der Waals surface area contributed by atoms with Crippen LogP contribution < -0.4 is 4.48 Å². The van der Waals surface area contributed by atoms with Gasteiger partial charge in [-0.1, -0.05) is 15.9 Å². The van der Waals surface area contributed by atoms with E-state index in [1.54, 1.807) is 6.07 Å². The molecule has 0 radical (unpaired) electrons. The van der Waals surface area contributed by atoms with Crippen molar-refractivity contribution in [2.75, 3.05) is 21.1 Å². The van der Waals surface area contributed by atoms with E-state index >= 15 is 0 Å². The van der Waals surface area contributed by atoms with Crippen molar-refractivity contribution in [2.24, 2.45) is 0 Å². The van der Waals surface area contributed by atoms with Crippen molar-refractivity contribution < 1.29 is 9.68 Å². The van der Waals surface area contributed by atoms with Crippen LogP contribution in [0.1, 0.15) is 16.7 Å². The number of nitrogens with zero attached hydrogens (tertiary/aromatic N) is 2. The van der Waals surface area contributed by atoms with Gasteiger partial charge in [0, 0.05) is 4.47 Å². The van der Waals surface area contributed by atoms with Gasteiger partial charge in [0.15, 0.2) is 5.69 Å². The largest absolute Gasteiger partial charge is 0.542 e. The van der Waals surface area contributed by atoms with Crippen LogP contribution in [0.5, 0.6) is 5.75 Å². The van der Waals surface area contributed by atoms with E-state index in [1.807, 2.05) is 23.3 Å². The van der Waals surface area contributed by atoms with Crippen molar-refractivity contribution in [1.29, 1.82) is 0 Å². The molecule has 0 saturated heterocycles. The van der Waals surface area contributed by atoms with Crippen LogP contribution in [0, 0.1) is 20.4 Å². The van der Waals surface area contributed by atoms with E-state index in [0.29, 0.717) is 4.48 Å². The lowest BCUT2D eigenvalue weighted by molar-refractivity contribution is -0.379. The van der Waals surface area contributed by atoms with E-state index < -0.39 is 0 Å². The van der Waals surface area contributed by atoms with Gasteiger partial charge in [-0.25, -0.2) is 0 Å². The maximum Gasteiger partial charge on any atom is 0.153 e. The van der Waals surface area contributed by atoms with Gasteiger partial charge in [-0.3, -0.25) is 4.58 Å². The second kappa shape index (κ2) is 6.38. The van der Waals surface area contributed by atoms with Crippen LogP contribution in [-0.4, -0.2) is 37.5 Å². The van der Waals surface area contributed by atoms with Crippen LogP contribution in [-0.2, 0) is 0 Å². The number of benzene rings is 2. The van der Waals surface area contributed by atoms with Gasteiger partial charge in [-0.15, -0.1) is 0 Å². The number of phenolic OH excluding ortho intramolecular Hbond substituents is 1. The predicted octanol–water partition coefficient (Wildman–Crippen LogP) is 4.52. The van der Waals surface area contributed by atoms with Crippen molar-refractivity contribution in [3.63, 3.8) is 0 Å². The molecule has 122 valence electrons. The van der Waals surface area contributed by atoms with Gasteiger partial charge in [0.05, 0.1) is 39.3 Å². The number of quaternary nitrogens is 1. The van der Waals surface area contributed by atoms with Crippen LogP contribution in [0.4, 0.5) is 11.4 Å². The van der Waals surface area contributed by atoms with Gasteiger partial charge in [0.2, 0.25) is 0 Å². The average Bonchev–Trinajstić information content (AvgIpc) is 2.38. The molecule has 23 heavy (non-hydrogen) atoms. The van der Waals surface area contributed by atoms with E-state index in [-0.39, 0.29) is 5.75 Å². The third-order valence-corrected chi connectivity index (χ3v) is 4.28. The van der Waals surface area contributed by atoms with E-state index in [1.165, 1.54) is 0 Å². The van der Waals surface area contributed by atoms with Crippen LogP contribution in [0.2, 0.25) is 0 Å². The first-order valence-electron chi connectivity index (χ1n) is 7.46. The minimum absolute atomic E-state index is 0.253. The summed E-state index contributed by atoms with van der Waals surface area (Å²) in [4.78, 5) is 0. The van der Waals surface area contributed by atoms with Crippen molar-refractivity contribution in [3.8, 4) is 5.75 Å². The molecule has 0 heterocycles. The molecule has 0 unspecified atom stereocenters. The third kappa shape index (κ3) is 3.95. The molecular weight excluding hydrogens is 352 g/mol. The molecule has 3 nitrogen and oxygen atoms in total. The van der Waals surface area contributed by atoms with Crippen LogP contribution in [0.25, 0.3) is 0 Å². The Hall–Kier alpha value is -1.78. The number of aromatic hydroxyl groups is 1. The van der Waals surface area contributed by atoms with E-state index in [2.05, 4.69) is 69.8 Å². The first-order chi connectivity index (χ1) is 10.6. The third-order valence-electron chi connectivity index (χ3n) is 3.82. The Kier molecular flexibility index (Phi) is 4.87. The fourth-order valence-electron chi connectivity index (χ4n) is 2.65. The Morgan fingerprint density at radius 3 is 2.17 bits per heavy atom. The topological polar surface area (TPSA) is 23.2 Å². The molecule has 2 aromatic rings. The Morgan fingerprint density at radius 2 is 1.65 bits per heavy atom. The summed E-state index contributed by atoms with van der Waals surface area (Å²) in [5.41, 5.74) is 5.18. The molecule has 0 aromatic heterocycles. The number of hydrogen-bond acceptors (Lipinski definition) is 1. The number of halogens is 1. The van der Waals surface area contributed by atoms with Crippen molar-refractivity contribution in [3.05, 3.63) is 58.0 Å². The lowest BCUT2D eigenvalue weighted by Gasteiger charge is -2.25. The summed E-state index contributed by atoms with van der Waals surface area (Å²) < 4.78 is 3.57. The van der Waals surface area contributed by atoms with Crippen LogP contribution in [0.15, 0.2) is 34.8 Å². The smallest absolute Gasteiger partial charge is 0.153 e. The van der Waals surface area contributed by atoms with Crippen LogP contribution in [0.3, 0.4) is 0 Å². The maximum atomic E-state index is 10.2. The van der Waals surface area contributed by atoms with Gasteiger partial charge < -0.3 is 9.59 Å². The summed E-state index contributed by atoms with van der Waals surface area (Å²) in [6.07, 6.45) is 0. The minimum Gasteiger partial charge on any atom is -0.542 e. The SMILES string of the molecule is C=[N+]([CH-]c1cc([N+](C)(C)C)ccc1O)c1c(C)cc(Br)cc1C. The average molecular weight is 376 g/mol. The zero-order valence-corrected chi connectivity index (χ0v) is 16.0. The standard InChI is InChI=1S/C19H23BrN2O/c1-13-9-16(20)10-14(2)19(13)21(3)12-15-11-17(22(4,5)6)7-8-18(15)23/h7-12H,3H2,1-2,4-6H3/p+1. The fourth-order valence-corrected chi connectivity index (χ4v) is 3.34. The molecule has 0 aliphatic carbocycles. The highest BCUT2D eigenvalue weighted by atomic mass is 79.9. The summed E-state index contributed by atoms with van der Waals surface area (Å²) in [6.45, 7) is 10.1. The summed E-state index contributed by atoms with van der Waals surface area (Å²) in [7, 11) is 6.30. The molecule has 0 bridgehead atoms.